The Morgan fingerprint density at radius 2 is 1.88 bits per heavy atom. The number of carbonyl (C=O) groups is 1. The molecule has 0 aromatic carbocycles. The van der Waals surface area contributed by atoms with Crippen molar-refractivity contribution < 1.29 is 14.6 Å². The summed E-state index contributed by atoms with van der Waals surface area (Å²) in [6.07, 6.45) is 5.01. The van der Waals surface area contributed by atoms with Crippen LogP contribution in [0.15, 0.2) is 0 Å². The number of aliphatic carboxylic acids is 1. The zero-order valence-corrected chi connectivity index (χ0v) is 9.89. The second-order valence-electron chi connectivity index (χ2n) is 4.78. The summed E-state index contributed by atoms with van der Waals surface area (Å²) in [7, 11) is 0. The lowest BCUT2D eigenvalue weighted by Crippen LogP contribution is -2.50. The fourth-order valence-electron chi connectivity index (χ4n) is 2.68. The number of nitrogens with zero attached hydrogens (tertiary/aromatic N) is 1. The minimum Gasteiger partial charge on any atom is -0.480 e. The minimum absolute atomic E-state index is 0.296. The van der Waals surface area contributed by atoms with Gasteiger partial charge in [-0.05, 0) is 32.1 Å². The molecule has 1 saturated heterocycles. The van der Waals surface area contributed by atoms with Crippen molar-refractivity contribution in [2.24, 2.45) is 0 Å². The van der Waals surface area contributed by atoms with Crippen molar-refractivity contribution in [1.82, 2.24) is 4.90 Å². The topological polar surface area (TPSA) is 49.8 Å². The average molecular weight is 227 g/mol. The number of rotatable bonds is 5. The molecule has 1 atom stereocenters. The molecular weight excluding hydrogens is 206 g/mol. The van der Waals surface area contributed by atoms with E-state index in [-0.39, 0.29) is 6.04 Å². The predicted molar refractivity (Wildman–Crippen MR) is 60.4 cm³/mol. The van der Waals surface area contributed by atoms with Crippen LogP contribution in [0.2, 0.25) is 0 Å². The largest absolute Gasteiger partial charge is 0.480 e. The summed E-state index contributed by atoms with van der Waals surface area (Å²) >= 11 is 0. The summed E-state index contributed by atoms with van der Waals surface area (Å²) in [5.41, 5.74) is 0. The maximum atomic E-state index is 11.3. The van der Waals surface area contributed by atoms with E-state index >= 15 is 0 Å². The Balaban J connectivity index is 2.05. The van der Waals surface area contributed by atoms with Gasteiger partial charge in [-0.15, -0.1) is 0 Å². The van der Waals surface area contributed by atoms with Crippen molar-refractivity contribution in [3.8, 4) is 0 Å². The van der Waals surface area contributed by atoms with E-state index in [4.69, 9.17) is 4.74 Å². The maximum Gasteiger partial charge on any atom is 0.320 e. The van der Waals surface area contributed by atoms with Crippen molar-refractivity contribution in [2.75, 3.05) is 13.2 Å². The highest BCUT2D eigenvalue weighted by Gasteiger charge is 2.40. The third kappa shape index (κ3) is 2.55. The zero-order chi connectivity index (χ0) is 11.5. The minimum atomic E-state index is -0.666. The molecule has 0 spiro atoms. The van der Waals surface area contributed by atoms with Crippen molar-refractivity contribution in [3.05, 3.63) is 0 Å². The van der Waals surface area contributed by atoms with Crippen LogP contribution in [0.1, 0.15) is 39.0 Å². The summed E-state index contributed by atoms with van der Waals surface area (Å²) in [5, 5.41) is 9.28. The van der Waals surface area contributed by atoms with E-state index in [0.29, 0.717) is 18.5 Å². The summed E-state index contributed by atoms with van der Waals surface area (Å²) in [6.45, 7) is 3.53. The van der Waals surface area contributed by atoms with Gasteiger partial charge in [0.15, 0.2) is 0 Å². The quantitative estimate of drug-likeness (QED) is 0.773. The fourth-order valence-corrected chi connectivity index (χ4v) is 2.68. The lowest BCUT2D eigenvalue weighted by Gasteiger charge is -2.38. The Bertz CT molecular complexity index is 247. The lowest BCUT2D eigenvalue weighted by molar-refractivity contribution is -0.145. The summed E-state index contributed by atoms with van der Waals surface area (Å²) in [4.78, 5) is 13.5. The summed E-state index contributed by atoms with van der Waals surface area (Å²) in [5.74, 6) is -0.666. The van der Waals surface area contributed by atoms with Gasteiger partial charge in [-0.25, -0.2) is 0 Å². The molecule has 0 amide bonds. The van der Waals surface area contributed by atoms with Crippen LogP contribution in [0.3, 0.4) is 0 Å². The molecule has 4 nitrogen and oxygen atoms in total. The molecule has 1 aliphatic carbocycles. The maximum absolute atomic E-state index is 11.3. The fraction of sp³-hybridized carbons (Fsp3) is 0.917. The average Bonchev–Trinajstić information content (AvgIpc) is 3.10. The molecule has 16 heavy (non-hydrogen) atoms. The van der Waals surface area contributed by atoms with Crippen LogP contribution in [0, 0.1) is 0 Å². The van der Waals surface area contributed by atoms with E-state index in [1.54, 1.807) is 0 Å². The third-order valence-corrected chi connectivity index (χ3v) is 3.61. The van der Waals surface area contributed by atoms with Gasteiger partial charge in [0.1, 0.15) is 6.04 Å². The smallest absolute Gasteiger partial charge is 0.320 e. The van der Waals surface area contributed by atoms with Gasteiger partial charge in [-0.2, -0.15) is 0 Å². The molecule has 0 bridgehead atoms. The molecule has 92 valence electrons. The monoisotopic (exact) mass is 227 g/mol. The Kier molecular flexibility index (Phi) is 3.82. The molecule has 1 heterocycles. The predicted octanol–water partition coefficient (Wildman–Crippen LogP) is 1.49. The van der Waals surface area contributed by atoms with Crippen LogP contribution >= 0.6 is 0 Å². The number of hydrogen-bond donors (Lipinski definition) is 1. The Morgan fingerprint density at radius 3 is 2.31 bits per heavy atom. The standard InChI is InChI=1S/C12H21NO3/c1-2-11(12(14)15)13(9-3-4-9)10-5-7-16-8-6-10/h9-11H,2-8H2,1H3,(H,14,15). The molecule has 2 aliphatic rings. The van der Waals surface area contributed by atoms with Crippen LogP contribution in [-0.4, -0.2) is 47.3 Å². The lowest BCUT2D eigenvalue weighted by atomic mass is 10.0. The number of carboxylic acid groups (broad SMARTS) is 1. The number of hydrogen-bond acceptors (Lipinski definition) is 3. The van der Waals surface area contributed by atoms with Gasteiger partial charge in [0, 0.05) is 25.3 Å². The van der Waals surface area contributed by atoms with Crippen molar-refractivity contribution >= 4 is 5.97 Å². The van der Waals surface area contributed by atoms with Crippen LogP contribution < -0.4 is 0 Å². The van der Waals surface area contributed by atoms with Gasteiger partial charge < -0.3 is 9.84 Å². The van der Waals surface area contributed by atoms with Crippen molar-refractivity contribution in [1.29, 1.82) is 0 Å². The molecule has 4 heteroatoms. The summed E-state index contributed by atoms with van der Waals surface area (Å²) < 4.78 is 5.35. The highest BCUT2D eigenvalue weighted by atomic mass is 16.5. The van der Waals surface area contributed by atoms with E-state index < -0.39 is 5.97 Å². The van der Waals surface area contributed by atoms with E-state index in [9.17, 15) is 9.90 Å². The van der Waals surface area contributed by atoms with Crippen LogP contribution in [0.5, 0.6) is 0 Å². The first kappa shape index (κ1) is 11.9. The van der Waals surface area contributed by atoms with Gasteiger partial charge in [0.05, 0.1) is 0 Å². The zero-order valence-electron chi connectivity index (χ0n) is 9.89. The van der Waals surface area contributed by atoms with Gasteiger partial charge in [0.2, 0.25) is 0 Å². The molecule has 0 radical (unpaired) electrons. The molecule has 1 N–H and O–H groups in total. The van der Waals surface area contributed by atoms with Gasteiger partial charge in [-0.1, -0.05) is 6.92 Å². The molecule has 1 unspecified atom stereocenters. The van der Waals surface area contributed by atoms with E-state index in [1.165, 1.54) is 12.8 Å². The molecule has 2 fully saturated rings. The van der Waals surface area contributed by atoms with Crippen LogP contribution in [0.4, 0.5) is 0 Å². The molecular formula is C12H21NO3. The SMILES string of the molecule is CCC(C(=O)O)N(C1CCOCC1)C1CC1. The molecule has 0 aromatic rings. The van der Waals surface area contributed by atoms with E-state index in [2.05, 4.69) is 4.90 Å². The normalized spacial score (nSPS) is 24.6. The Morgan fingerprint density at radius 1 is 1.31 bits per heavy atom. The first-order valence-corrected chi connectivity index (χ1v) is 6.32. The molecule has 0 aromatic heterocycles. The second kappa shape index (κ2) is 5.15. The highest BCUT2D eigenvalue weighted by molar-refractivity contribution is 5.73. The van der Waals surface area contributed by atoms with Crippen LogP contribution in [0.25, 0.3) is 0 Å². The molecule has 2 rings (SSSR count). The second-order valence-corrected chi connectivity index (χ2v) is 4.78. The van der Waals surface area contributed by atoms with Gasteiger partial charge in [-0.3, -0.25) is 9.69 Å². The third-order valence-electron chi connectivity index (χ3n) is 3.61. The molecule has 1 aliphatic heterocycles. The van der Waals surface area contributed by atoms with Gasteiger partial charge in [0.25, 0.3) is 0 Å². The van der Waals surface area contributed by atoms with E-state index in [0.717, 1.165) is 26.1 Å². The van der Waals surface area contributed by atoms with Crippen molar-refractivity contribution in [2.45, 2.75) is 57.2 Å². The summed E-state index contributed by atoms with van der Waals surface area (Å²) in [6, 6.07) is 0.641. The highest BCUT2D eigenvalue weighted by Crippen LogP contribution is 2.34. The first-order chi connectivity index (χ1) is 7.74. The Hall–Kier alpha value is -0.610. The van der Waals surface area contributed by atoms with E-state index in [1.807, 2.05) is 6.92 Å². The first-order valence-electron chi connectivity index (χ1n) is 6.32. The number of carboxylic acids is 1. The number of ether oxygens (including phenoxy) is 1. The Labute approximate surface area is 96.6 Å². The van der Waals surface area contributed by atoms with Gasteiger partial charge >= 0.3 is 5.97 Å². The van der Waals surface area contributed by atoms with Crippen molar-refractivity contribution in [3.63, 3.8) is 0 Å². The molecule has 1 saturated carbocycles. The van der Waals surface area contributed by atoms with Crippen LogP contribution in [-0.2, 0) is 9.53 Å².